The van der Waals surface area contributed by atoms with Gasteiger partial charge < -0.3 is 15.4 Å². The Hall–Kier alpha value is -2.01. The van der Waals surface area contributed by atoms with Crippen LogP contribution in [0.2, 0.25) is 0 Å². The lowest BCUT2D eigenvalue weighted by molar-refractivity contribution is 0.252. The number of halogens is 1. The average Bonchev–Trinajstić information content (AvgIpc) is 2.49. The second kappa shape index (κ2) is 7.84. The maximum Gasteiger partial charge on any atom is 0.319 e. The first-order valence-corrected chi connectivity index (χ1v) is 7.81. The molecule has 2 N–H and O–H groups in total. The number of methoxy groups -OCH3 is 1. The van der Waals surface area contributed by atoms with Crippen LogP contribution in [0.1, 0.15) is 11.1 Å². The average molecular weight is 363 g/mol. The summed E-state index contributed by atoms with van der Waals surface area (Å²) in [5.41, 5.74) is 2.91. The topological polar surface area (TPSA) is 50.4 Å². The van der Waals surface area contributed by atoms with Crippen molar-refractivity contribution in [2.24, 2.45) is 0 Å². The first kappa shape index (κ1) is 16.4. The van der Waals surface area contributed by atoms with Gasteiger partial charge in [0.25, 0.3) is 0 Å². The number of anilines is 1. The van der Waals surface area contributed by atoms with Gasteiger partial charge >= 0.3 is 6.03 Å². The first-order valence-electron chi connectivity index (χ1n) is 7.02. The SMILES string of the molecule is COc1ccc(C)cc1NC(=O)NCCc1ccc(Br)cc1. The quantitative estimate of drug-likeness (QED) is 0.839. The van der Waals surface area contributed by atoms with Gasteiger partial charge in [-0.2, -0.15) is 0 Å². The van der Waals surface area contributed by atoms with Crippen molar-refractivity contribution in [3.05, 3.63) is 58.1 Å². The molecule has 2 rings (SSSR count). The van der Waals surface area contributed by atoms with Crippen molar-refractivity contribution in [1.82, 2.24) is 5.32 Å². The highest BCUT2D eigenvalue weighted by Crippen LogP contribution is 2.24. The molecule has 22 heavy (non-hydrogen) atoms. The van der Waals surface area contributed by atoms with E-state index in [9.17, 15) is 4.79 Å². The van der Waals surface area contributed by atoms with E-state index in [0.717, 1.165) is 16.5 Å². The number of nitrogens with one attached hydrogen (secondary N) is 2. The van der Waals surface area contributed by atoms with Crippen molar-refractivity contribution in [3.8, 4) is 5.75 Å². The van der Waals surface area contributed by atoms with Crippen LogP contribution in [0.15, 0.2) is 46.9 Å². The summed E-state index contributed by atoms with van der Waals surface area (Å²) in [5, 5.41) is 5.66. The summed E-state index contributed by atoms with van der Waals surface area (Å²) < 4.78 is 6.29. The summed E-state index contributed by atoms with van der Waals surface area (Å²) in [6.45, 7) is 2.54. The second-order valence-electron chi connectivity index (χ2n) is 4.96. The number of hydrogen-bond donors (Lipinski definition) is 2. The van der Waals surface area contributed by atoms with Crippen LogP contribution in [-0.2, 0) is 6.42 Å². The number of carbonyl (C=O) groups is 1. The number of amides is 2. The summed E-state index contributed by atoms with van der Waals surface area (Å²) in [7, 11) is 1.58. The van der Waals surface area contributed by atoms with E-state index < -0.39 is 0 Å². The van der Waals surface area contributed by atoms with E-state index in [4.69, 9.17) is 4.74 Å². The molecule has 0 fully saturated rings. The van der Waals surface area contributed by atoms with E-state index >= 15 is 0 Å². The van der Waals surface area contributed by atoms with E-state index in [1.165, 1.54) is 5.56 Å². The Morgan fingerprint density at radius 2 is 1.91 bits per heavy atom. The molecule has 0 aromatic heterocycles. The molecule has 0 bridgehead atoms. The lowest BCUT2D eigenvalue weighted by atomic mass is 10.1. The molecule has 0 saturated carbocycles. The van der Waals surface area contributed by atoms with Crippen LogP contribution >= 0.6 is 15.9 Å². The highest BCUT2D eigenvalue weighted by molar-refractivity contribution is 9.10. The summed E-state index contributed by atoms with van der Waals surface area (Å²) in [5.74, 6) is 0.647. The Morgan fingerprint density at radius 1 is 1.18 bits per heavy atom. The molecule has 5 heteroatoms. The summed E-state index contributed by atoms with van der Waals surface area (Å²) >= 11 is 3.40. The molecule has 0 unspecified atom stereocenters. The monoisotopic (exact) mass is 362 g/mol. The number of ether oxygens (including phenoxy) is 1. The Kier molecular flexibility index (Phi) is 5.83. The smallest absolute Gasteiger partial charge is 0.319 e. The van der Waals surface area contributed by atoms with Gasteiger partial charge in [0.2, 0.25) is 0 Å². The summed E-state index contributed by atoms with van der Waals surface area (Å²) in [6, 6.07) is 13.5. The van der Waals surface area contributed by atoms with E-state index in [2.05, 4.69) is 26.6 Å². The number of carbonyl (C=O) groups excluding carboxylic acids is 1. The van der Waals surface area contributed by atoms with E-state index in [1.54, 1.807) is 7.11 Å². The van der Waals surface area contributed by atoms with Crippen molar-refractivity contribution in [2.45, 2.75) is 13.3 Å². The minimum atomic E-state index is -0.235. The predicted molar refractivity (Wildman–Crippen MR) is 92.6 cm³/mol. The number of benzene rings is 2. The van der Waals surface area contributed by atoms with E-state index in [1.807, 2.05) is 49.4 Å². The van der Waals surface area contributed by atoms with Crippen molar-refractivity contribution < 1.29 is 9.53 Å². The molecular formula is C17H19BrN2O2. The van der Waals surface area contributed by atoms with Gasteiger partial charge in [-0.3, -0.25) is 0 Å². The van der Waals surface area contributed by atoms with Gasteiger partial charge in [0.15, 0.2) is 0 Å². The van der Waals surface area contributed by atoms with Crippen LogP contribution in [0.3, 0.4) is 0 Å². The lowest BCUT2D eigenvalue weighted by Gasteiger charge is -2.12. The van der Waals surface area contributed by atoms with Gasteiger partial charge in [0.05, 0.1) is 12.8 Å². The van der Waals surface area contributed by atoms with Crippen LogP contribution in [0, 0.1) is 6.92 Å². The minimum absolute atomic E-state index is 0.235. The minimum Gasteiger partial charge on any atom is -0.495 e. The highest BCUT2D eigenvalue weighted by atomic mass is 79.9. The fraction of sp³-hybridized carbons (Fsp3) is 0.235. The van der Waals surface area contributed by atoms with Crippen LogP contribution < -0.4 is 15.4 Å². The van der Waals surface area contributed by atoms with E-state index in [-0.39, 0.29) is 6.03 Å². The fourth-order valence-corrected chi connectivity index (χ4v) is 2.32. The third-order valence-corrected chi connectivity index (χ3v) is 3.74. The molecule has 116 valence electrons. The van der Waals surface area contributed by atoms with Crippen LogP contribution in [-0.4, -0.2) is 19.7 Å². The third-order valence-electron chi connectivity index (χ3n) is 3.22. The van der Waals surface area contributed by atoms with Gasteiger partial charge in [-0.05, 0) is 48.7 Å². The molecule has 0 radical (unpaired) electrons. The summed E-state index contributed by atoms with van der Waals surface area (Å²) in [4.78, 5) is 12.0. The molecule has 0 aliphatic rings. The van der Waals surface area contributed by atoms with Crippen molar-refractivity contribution in [3.63, 3.8) is 0 Å². The number of hydrogen-bond acceptors (Lipinski definition) is 2. The van der Waals surface area contributed by atoms with Gasteiger partial charge in [0.1, 0.15) is 5.75 Å². The molecule has 2 aromatic rings. The molecule has 0 heterocycles. The number of aryl methyl sites for hydroxylation is 1. The largest absolute Gasteiger partial charge is 0.495 e. The molecule has 0 aliphatic heterocycles. The molecule has 2 aromatic carbocycles. The first-order chi connectivity index (χ1) is 10.6. The zero-order chi connectivity index (χ0) is 15.9. The van der Waals surface area contributed by atoms with Crippen molar-refractivity contribution >= 4 is 27.6 Å². The zero-order valence-electron chi connectivity index (χ0n) is 12.7. The Labute approximate surface area is 139 Å². The third kappa shape index (κ3) is 4.77. The lowest BCUT2D eigenvalue weighted by Crippen LogP contribution is -2.30. The Balaban J connectivity index is 1.85. The summed E-state index contributed by atoms with van der Waals surface area (Å²) in [6.07, 6.45) is 0.783. The van der Waals surface area contributed by atoms with Gasteiger partial charge in [-0.25, -0.2) is 4.79 Å². The Bertz CT molecular complexity index is 642. The van der Waals surface area contributed by atoms with Crippen LogP contribution in [0.25, 0.3) is 0 Å². The normalized spacial score (nSPS) is 10.1. The second-order valence-corrected chi connectivity index (χ2v) is 5.88. The maximum atomic E-state index is 12.0. The van der Waals surface area contributed by atoms with E-state index in [0.29, 0.717) is 18.0 Å². The molecule has 0 aliphatic carbocycles. The number of urea groups is 1. The van der Waals surface area contributed by atoms with Gasteiger partial charge in [-0.1, -0.05) is 34.1 Å². The maximum absolute atomic E-state index is 12.0. The van der Waals surface area contributed by atoms with Crippen LogP contribution in [0.5, 0.6) is 5.75 Å². The van der Waals surface area contributed by atoms with Gasteiger partial charge in [0, 0.05) is 11.0 Å². The molecule has 0 saturated heterocycles. The molecular weight excluding hydrogens is 344 g/mol. The standard InChI is InChI=1S/C17H19BrN2O2/c1-12-3-8-16(22-2)15(11-12)20-17(21)19-10-9-13-4-6-14(18)7-5-13/h3-8,11H,9-10H2,1-2H3,(H2,19,20,21). The van der Waals surface area contributed by atoms with Crippen molar-refractivity contribution in [1.29, 1.82) is 0 Å². The van der Waals surface area contributed by atoms with Gasteiger partial charge in [-0.15, -0.1) is 0 Å². The highest BCUT2D eigenvalue weighted by Gasteiger charge is 2.07. The zero-order valence-corrected chi connectivity index (χ0v) is 14.2. The van der Waals surface area contributed by atoms with Crippen molar-refractivity contribution in [2.75, 3.05) is 19.0 Å². The molecule has 2 amide bonds. The predicted octanol–water partition coefficient (Wildman–Crippen LogP) is 4.13. The molecule has 0 atom stereocenters. The van der Waals surface area contributed by atoms with Crippen LogP contribution in [0.4, 0.5) is 10.5 Å². The molecule has 0 spiro atoms. The number of rotatable bonds is 5. The Morgan fingerprint density at radius 3 is 2.59 bits per heavy atom. The fourth-order valence-electron chi connectivity index (χ4n) is 2.06. The molecule has 4 nitrogen and oxygen atoms in total.